The van der Waals surface area contributed by atoms with Gasteiger partial charge in [-0.1, -0.05) is 12.1 Å². The van der Waals surface area contributed by atoms with Crippen LogP contribution in [-0.2, 0) is 14.3 Å². The van der Waals surface area contributed by atoms with Crippen molar-refractivity contribution in [2.75, 3.05) is 44.8 Å². The first-order valence-corrected chi connectivity index (χ1v) is 16.0. The summed E-state index contributed by atoms with van der Waals surface area (Å²) in [4.78, 5) is 51.0. The number of carboxylic acid groups (broad SMARTS) is 1. The van der Waals surface area contributed by atoms with Crippen molar-refractivity contribution in [1.29, 1.82) is 0 Å². The van der Waals surface area contributed by atoms with Crippen LogP contribution in [0.3, 0.4) is 0 Å². The third kappa shape index (κ3) is 5.87. The van der Waals surface area contributed by atoms with Gasteiger partial charge in [-0.25, -0.2) is 23.4 Å². The highest BCUT2D eigenvalue weighted by Gasteiger charge is 2.58. The van der Waals surface area contributed by atoms with Gasteiger partial charge in [-0.15, -0.1) is 11.3 Å². The van der Waals surface area contributed by atoms with Crippen molar-refractivity contribution in [1.82, 2.24) is 15.2 Å². The maximum absolute atomic E-state index is 16.5. The number of carboxylic acids is 1. The molecule has 4 heterocycles. The molecule has 14 heteroatoms. The average Bonchev–Trinajstić information content (AvgIpc) is 3.69. The Kier molecular flexibility index (Phi) is 8.81. The van der Waals surface area contributed by atoms with Crippen LogP contribution in [0.1, 0.15) is 45.9 Å². The van der Waals surface area contributed by atoms with Crippen LogP contribution in [-0.4, -0.2) is 84.2 Å². The van der Waals surface area contributed by atoms with Gasteiger partial charge in [0.15, 0.2) is 16.5 Å². The maximum atomic E-state index is 16.5. The topological polar surface area (TPSA) is 134 Å². The number of halogens is 2. The summed E-state index contributed by atoms with van der Waals surface area (Å²) in [6.45, 7) is 4.03. The summed E-state index contributed by atoms with van der Waals surface area (Å²) in [6, 6.07) is 7.86. The normalized spacial score (nSPS) is 22.9. The van der Waals surface area contributed by atoms with E-state index in [1.807, 2.05) is 4.90 Å². The Morgan fingerprint density at radius 2 is 2.04 bits per heavy atom. The number of carbonyl (C=O) groups excluding carboxylic acids is 2. The number of hydrogen-bond acceptors (Lipinski definition) is 10. The van der Waals surface area contributed by atoms with E-state index < -0.39 is 41.3 Å². The predicted octanol–water partition coefficient (Wildman–Crippen LogP) is 4.28. The lowest BCUT2D eigenvalue weighted by Gasteiger charge is -2.38. The molecule has 246 valence electrons. The number of amidine groups is 1. The molecule has 2 saturated heterocycles. The summed E-state index contributed by atoms with van der Waals surface area (Å²) >= 11 is 1.35. The number of aliphatic imine (C=N–C) groups is 1. The summed E-state index contributed by atoms with van der Waals surface area (Å²) < 4.78 is 42.1. The molecule has 0 bridgehead atoms. The minimum absolute atomic E-state index is 0.0196. The predicted molar refractivity (Wildman–Crippen MR) is 170 cm³/mol. The summed E-state index contributed by atoms with van der Waals surface area (Å²) in [5.74, 6) is -3.06. The molecule has 3 atom stereocenters. The lowest BCUT2D eigenvalue weighted by atomic mass is 9.84. The second kappa shape index (κ2) is 12.8. The van der Waals surface area contributed by atoms with E-state index in [1.165, 1.54) is 47.6 Å². The smallest absolute Gasteiger partial charge is 0.338 e. The number of aromatic nitrogens is 1. The second-order valence-electron chi connectivity index (χ2n) is 11.6. The zero-order valence-corrected chi connectivity index (χ0v) is 26.8. The van der Waals surface area contributed by atoms with E-state index in [2.05, 4.69) is 10.3 Å². The number of benzene rings is 2. The van der Waals surface area contributed by atoms with E-state index in [1.54, 1.807) is 37.6 Å². The van der Waals surface area contributed by atoms with Gasteiger partial charge >= 0.3 is 11.9 Å². The first-order valence-electron chi connectivity index (χ1n) is 15.1. The highest BCUT2D eigenvalue weighted by atomic mass is 32.1. The van der Waals surface area contributed by atoms with Crippen LogP contribution in [0.5, 0.6) is 5.75 Å². The molecule has 1 amide bonds. The third-order valence-corrected chi connectivity index (χ3v) is 9.66. The Morgan fingerprint density at radius 1 is 1.23 bits per heavy atom. The Labute approximate surface area is 273 Å². The number of nitrogens with zero attached hydrogens (tertiary/aromatic N) is 4. The molecule has 0 radical (unpaired) electrons. The van der Waals surface area contributed by atoms with Gasteiger partial charge in [0.1, 0.15) is 17.6 Å². The fourth-order valence-electron chi connectivity index (χ4n) is 6.46. The zero-order chi connectivity index (χ0) is 33.5. The molecule has 1 aromatic heterocycles. The van der Waals surface area contributed by atoms with Crippen molar-refractivity contribution < 1.29 is 37.7 Å². The van der Waals surface area contributed by atoms with Crippen LogP contribution >= 0.6 is 11.3 Å². The average molecular weight is 666 g/mol. The molecule has 0 saturated carbocycles. The summed E-state index contributed by atoms with van der Waals surface area (Å²) in [7, 11) is 1.36. The highest BCUT2D eigenvalue weighted by molar-refractivity contribution is 7.11. The number of piperidine rings is 1. The van der Waals surface area contributed by atoms with Crippen molar-refractivity contribution in [2.24, 2.45) is 10.9 Å². The maximum Gasteiger partial charge on any atom is 0.338 e. The number of methoxy groups -OCH3 is 1. The molecule has 2 N–H and O–H groups in total. The molecular formula is C33H33F2N5O6S. The SMILES string of the molecule is CCOC(=O)C1=C(CN2CC[C@]3(F)C(=O)N(c4ccc(C(=O)O)cc4OC)C[C@@H]3C2)NC(c2nccs2)=N[C@H]1c1cccc(F)c1C. The number of alkyl halides is 1. The summed E-state index contributed by atoms with van der Waals surface area (Å²) in [6.07, 6.45) is 1.54. The van der Waals surface area contributed by atoms with Crippen LogP contribution in [0.4, 0.5) is 14.5 Å². The van der Waals surface area contributed by atoms with Gasteiger partial charge in [0.25, 0.3) is 5.91 Å². The van der Waals surface area contributed by atoms with Crippen LogP contribution < -0.4 is 15.0 Å². The van der Waals surface area contributed by atoms with E-state index in [0.717, 1.165) is 0 Å². The molecule has 3 aliphatic heterocycles. The van der Waals surface area contributed by atoms with Crippen LogP contribution in [0.2, 0.25) is 0 Å². The molecular weight excluding hydrogens is 632 g/mol. The standard InChI is InChI=1S/C33H33F2N5O6S/c1-4-46-31(43)26-23(37-28(29-36-11-13-47-29)38-27(26)21-6-5-7-22(34)18(21)2)17-39-12-10-33(35)20(15-39)16-40(32(33)44)24-9-8-19(30(41)42)14-25(24)45-3/h5-9,11,13-14,20,27H,4,10,12,15-17H2,1-3H3,(H,37,38)(H,41,42)/t20-,27-,33+/m0/s1. The van der Waals surface area contributed by atoms with Gasteiger partial charge < -0.3 is 24.8 Å². The molecule has 0 aliphatic carbocycles. The highest BCUT2D eigenvalue weighted by Crippen LogP contribution is 2.44. The van der Waals surface area contributed by atoms with Crippen molar-refractivity contribution >= 4 is 40.7 Å². The fourth-order valence-corrected chi connectivity index (χ4v) is 7.04. The van der Waals surface area contributed by atoms with E-state index in [-0.39, 0.29) is 56.1 Å². The van der Waals surface area contributed by atoms with Gasteiger partial charge in [-0.3, -0.25) is 14.7 Å². The van der Waals surface area contributed by atoms with Crippen LogP contribution in [0.15, 0.2) is 64.2 Å². The third-order valence-electron chi connectivity index (χ3n) is 8.88. The number of nitrogens with one attached hydrogen (secondary N) is 1. The van der Waals surface area contributed by atoms with E-state index >= 15 is 4.39 Å². The molecule has 2 aromatic carbocycles. The zero-order valence-electron chi connectivity index (χ0n) is 26.0. The van der Waals surface area contributed by atoms with Gasteiger partial charge in [-0.2, -0.15) is 0 Å². The summed E-state index contributed by atoms with van der Waals surface area (Å²) in [5, 5.41) is 15.0. The lowest BCUT2D eigenvalue weighted by molar-refractivity contribution is -0.139. The minimum Gasteiger partial charge on any atom is -0.495 e. The molecule has 2 fully saturated rings. The number of fused-ring (bicyclic) bond motifs is 1. The number of aromatic carboxylic acids is 1. The van der Waals surface area contributed by atoms with Crippen LogP contribution in [0, 0.1) is 18.7 Å². The second-order valence-corrected chi connectivity index (χ2v) is 12.5. The van der Waals surface area contributed by atoms with Gasteiger partial charge in [0, 0.05) is 55.8 Å². The van der Waals surface area contributed by atoms with Gasteiger partial charge in [0.05, 0.1) is 30.5 Å². The fraction of sp³-hybridized carbons (Fsp3) is 0.364. The number of carbonyl (C=O) groups is 3. The Hall–Kier alpha value is -4.69. The Balaban J connectivity index is 1.33. The number of rotatable bonds is 9. The minimum atomic E-state index is -2.14. The van der Waals surface area contributed by atoms with Crippen molar-refractivity contribution in [3.8, 4) is 5.75 Å². The number of thiazole rings is 1. The van der Waals surface area contributed by atoms with E-state index in [4.69, 9.17) is 14.5 Å². The Bertz CT molecular complexity index is 1800. The number of esters is 1. The first kappa shape index (κ1) is 32.3. The molecule has 3 aliphatic rings. The van der Waals surface area contributed by atoms with Gasteiger partial charge in [0.2, 0.25) is 0 Å². The van der Waals surface area contributed by atoms with E-state index in [0.29, 0.717) is 33.4 Å². The number of ether oxygens (including phenoxy) is 2. The first-order chi connectivity index (χ1) is 22.5. The molecule has 11 nitrogen and oxygen atoms in total. The molecule has 47 heavy (non-hydrogen) atoms. The largest absolute Gasteiger partial charge is 0.495 e. The van der Waals surface area contributed by atoms with Crippen molar-refractivity contribution in [2.45, 2.75) is 32.0 Å². The molecule has 3 aromatic rings. The lowest BCUT2D eigenvalue weighted by Crippen LogP contribution is -2.52. The van der Waals surface area contributed by atoms with Crippen LogP contribution in [0.25, 0.3) is 0 Å². The number of hydrogen-bond donors (Lipinski definition) is 2. The monoisotopic (exact) mass is 665 g/mol. The Morgan fingerprint density at radius 3 is 2.74 bits per heavy atom. The van der Waals surface area contributed by atoms with Gasteiger partial charge in [-0.05, 0) is 49.2 Å². The number of amides is 1. The summed E-state index contributed by atoms with van der Waals surface area (Å²) in [5.41, 5.74) is -0.337. The molecule has 0 unspecified atom stereocenters. The molecule has 6 rings (SSSR count). The van der Waals surface area contributed by atoms with Crippen molar-refractivity contribution in [3.63, 3.8) is 0 Å². The van der Waals surface area contributed by atoms with E-state index in [9.17, 15) is 23.9 Å². The number of likely N-dealkylation sites (tertiary alicyclic amines) is 1. The quantitative estimate of drug-likeness (QED) is 0.322. The number of anilines is 1. The molecule has 0 spiro atoms. The van der Waals surface area contributed by atoms with Crippen molar-refractivity contribution in [3.05, 3.63) is 86.8 Å².